The Kier molecular flexibility index (Phi) is 4.50. The van der Waals surface area contributed by atoms with E-state index in [-0.39, 0.29) is 11.5 Å². The minimum Gasteiger partial charge on any atom is -0.345 e. The number of piperazine rings is 1. The molecule has 4 rings (SSSR count). The summed E-state index contributed by atoms with van der Waals surface area (Å²) in [5.74, 6) is -2.26. The van der Waals surface area contributed by atoms with Crippen molar-refractivity contribution in [2.75, 3.05) is 31.1 Å². The Bertz CT molecular complexity index is 986. The Balaban J connectivity index is 1.46. The van der Waals surface area contributed by atoms with E-state index in [1.165, 1.54) is 6.07 Å². The molecule has 0 radical (unpaired) electrons. The first-order valence-corrected chi connectivity index (χ1v) is 9.26. The number of fused-ring (bicyclic) bond motifs is 1. The van der Waals surface area contributed by atoms with Gasteiger partial charge in [-0.25, -0.2) is 13.8 Å². The lowest BCUT2D eigenvalue weighted by Gasteiger charge is -2.34. The molecule has 1 saturated heterocycles. The molecule has 2 heterocycles. The maximum absolute atomic E-state index is 13.3. The predicted molar refractivity (Wildman–Crippen MR) is 99.1 cm³/mol. The summed E-state index contributed by atoms with van der Waals surface area (Å²) in [6, 6.07) is 8.82. The number of thiazole rings is 1. The van der Waals surface area contributed by atoms with Crippen LogP contribution in [0.1, 0.15) is 10.4 Å². The third kappa shape index (κ3) is 3.24. The molecule has 1 aromatic heterocycles. The number of carbonyl (C=O) groups is 1. The van der Waals surface area contributed by atoms with Gasteiger partial charge < -0.3 is 9.80 Å². The summed E-state index contributed by atoms with van der Waals surface area (Å²) in [5.41, 5.74) is 1.06. The van der Waals surface area contributed by atoms with E-state index in [0.29, 0.717) is 31.2 Å². The fourth-order valence-electron chi connectivity index (χ4n) is 2.93. The quantitative estimate of drug-likeness (QED) is 0.655. The van der Waals surface area contributed by atoms with Gasteiger partial charge in [0.15, 0.2) is 16.8 Å². The maximum Gasteiger partial charge on any atom is 0.254 e. The van der Waals surface area contributed by atoms with E-state index in [1.54, 1.807) is 16.2 Å². The molecule has 0 unspecified atom stereocenters. The molecule has 0 bridgehead atoms. The molecule has 134 valence electrons. The molecule has 0 aliphatic carbocycles. The molecule has 1 amide bonds. The Hall–Kier alpha value is -2.25. The zero-order valence-electron chi connectivity index (χ0n) is 13.6. The van der Waals surface area contributed by atoms with Gasteiger partial charge in [-0.2, -0.15) is 0 Å². The molecular formula is C18H14ClF2N3OS. The number of halogens is 3. The number of carbonyl (C=O) groups excluding carboxylic acids is 1. The van der Waals surface area contributed by atoms with E-state index < -0.39 is 11.6 Å². The summed E-state index contributed by atoms with van der Waals surface area (Å²) < 4.78 is 27.4. The van der Waals surface area contributed by atoms with Crippen molar-refractivity contribution in [1.82, 2.24) is 9.88 Å². The van der Waals surface area contributed by atoms with Gasteiger partial charge in [0.2, 0.25) is 0 Å². The van der Waals surface area contributed by atoms with Gasteiger partial charge in [-0.15, -0.1) is 0 Å². The van der Waals surface area contributed by atoms with Crippen molar-refractivity contribution in [1.29, 1.82) is 0 Å². The number of nitrogens with zero attached hydrogens (tertiary/aromatic N) is 3. The van der Waals surface area contributed by atoms with Crippen LogP contribution in [0.2, 0.25) is 5.02 Å². The summed E-state index contributed by atoms with van der Waals surface area (Å²) >= 11 is 7.58. The van der Waals surface area contributed by atoms with Crippen LogP contribution in [0, 0.1) is 11.6 Å². The van der Waals surface area contributed by atoms with Gasteiger partial charge in [-0.05, 0) is 36.4 Å². The molecule has 3 aromatic rings. The van der Waals surface area contributed by atoms with Crippen LogP contribution in [0.3, 0.4) is 0 Å². The van der Waals surface area contributed by atoms with Crippen molar-refractivity contribution >= 4 is 44.2 Å². The van der Waals surface area contributed by atoms with Crippen LogP contribution in [-0.2, 0) is 0 Å². The van der Waals surface area contributed by atoms with Crippen molar-refractivity contribution in [2.24, 2.45) is 0 Å². The van der Waals surface area contributed by atoms with Crippen molar-refractivity contribution < 1.29 is 13.6 Å². The van der Waals surface area contributed by atoms with Gasteiger partial charge in [0, 0.05) is 36.8 Å². The molecule has 0 spiro atoms. The average Bonchev–Trinajstić information content (AvgIpc) is 3.06. The lowest BCUT2D eigenvalue weighted by atomic mass is 10.1. The van der Waals surface area contributed by atoms with Crippen LogP contribution in [0.25, 0.3) is 10.2 Å². The first kappa shape index (κ1) is 17.2. The summed E-state index contributed by atoms with van der Waals surface area (Å²) in [4.78, 5) is 20.9. The van der Waals surface area contributed by atoms with Crippen LogP contribution in [0.15, 0.2) is 36.4 Å². The van der Waals surface area contributed by atoms with Crippen LogP contribution in [-0.4, -0.2) is 42.0 Å². The highest BCUT2D eigenvalue weighted by molar-refractivity contribution is 7.22. The number of amides is 1. The highest BCUT2D eigenvalue weighted by Crippen LogP contribution is 2.31. The SMILES string of the molecule is O=C(c1ccc(F)c(F)c1)N1CCN(c2nc3ccc(Cl)cc3s2)CC1. The third-order valence-corrected chi connectivity index (χ3v) is 5.66. The zero-order valence-corrected chi connectivity index (χ0v) is 15.2. The van der Waals surface area contributed by atoms with Gasteiger partial charge in [0.1, 0.15) is 0 Å². The van der Waals surface area contributed by atoms with Crippen LogP contribution >= 0.6 is 22.9 Å². The van der Waals surface area contributed by atoms with Gasteiger partial charge in [0.05, 0.1) is 10.2 Å². The average molecular weight is 394 g/mol. The third-order valence-electron chi connectivity index (χ3n) is 4.34. The maximum atomic E-state index is 13.3. The van der Waals surface area contributed by atoms with Gasteiger partial charge >= 0.3 is 0 Å². The highest BCUT2D eigenvalue weighted by Gasteiger charge is 2.24. The second-order valence-electron chi connectivity index (χ2n) is 6.02. The molecule has 2 aromatic carbocycles. The van der Waals surface area contributed by atoms with Crippen molar-refractivity contribution in [3.05, 3.63) is 58.6 Å². The lowest BCUT2D eigenvalue weighted by molar-refractivity contribution is 0.0746. The minimum atomic E-state index is -1.01. The van der Waals surface area contributed by atoms with E-state index >= 15 is 0 Å². The Morgan fingerprint density at radius 1 is 1.04 bits per heavy atom. The second kappa shape index (κ2) is 6.81. The first-order valence-electron chi connectivity index (χ1n) is 8.06. The molecule has 1 aliphatic rings. The van der Waals surface area contributed by atoms with E-state index in [2.05, 4.69) is 9.88 Å². The molecule has 0 N–H and O–H groups in total. The van der Waals surface area contributed by atoms with Gasteiger partial charge in [-0.1, -0.05) is 22.9 Å². The van der Waals surface area contributed by atoms with Crippen LogP contribution in [0.5, 0.6) is 0 Å². The zero-order chi connectivity index (χ0) is 18.3. The Morgan fingerprint density at radius 3 is 2.54 bits per heavy atom. The normalized spacial score (nSPS) is 14.9. The first-order chi connectivity index (χ1) is 12.5. The number of rotatable bonds is 2. The minimum absolute atomic E-state index is 0.159. The van der Waals surface area contributed by atoms with Crippen LogP contribution < -0.4 is 4.90 Å². The van der Waals surface area contributed by atoms with Crippen molar-refractivity contribution in [2.45, 2.75) is 0 Å². The van der Waals surface area contributed by atoms with Crippen molar-refractivity contribution in [3.8, 4) is 0 Å². The molecular weight excluding hydrogens is 380 g/mol. The van der Waals surface area contributed by atoms with E-state index in [0.717, 1.165) is 27.5 Å². The molecule has 4 nitrogen and oxygen atoms in total. The Morgan fingerprint density at radius 2 is 1.81 bits per heavy atom. The number of anilines is 1. The van der Waals surface area contributed by atoms with Crippen LogP contribution in [0.4, 0.5) is 13.9 Å². The molecule has 1 aliphatic heterocycles. The summed E-state index contributed by atoms with van der Waals surface area (Å²) in [5, 5.41) is 1.57. The fourth-order valence-corrected chi connectivity index (χ4v) is 4.23. The molecule has 0 atom stereocenters. The van der Waals surface area contributed by atoms with Gasteiger partial charge in [-0.3, -0.25) is 4.79 Å². The number of hydrogen-bond acceptors (Lipinski definition) is 4. The van der Waals surface area contributed by atoms with E-state index in [4.69, 9.17) is 11.6 Å². The lowest BCUT2D eigenvalue weighted by Crippen LogP contribution is -2.48. The predicted octanol–water partition coefficient (Wildman–Crippen LogP) is 4.19. The topological polar surface area (TPSA) is 36.4 Å². The van der Waals surface area contributed by atoms with E-state index in [9.17, 15) is 13.6 Å². The standard InChI is InChI=1S/C18H14ClF2N3OS/c19-12-2-4-15-16(10-12)26-18(22-15)24-7-5-23(6-8-24)17(25)11-1-3-13(20)14(21)9-11/h1-4,9-10H,5-8H2. The summed E-state index contributed by atoms with van der Waals surface area (Å²) in [6.45, 7) is 2.25. The largest absolute Gasteiger partial charge is 0.345 e. The van der Waals surface area contributed by atoms with E-state index in [1.807, 2.05) is 18.2 Å². The number of hydrogen-bond donors (Lipinski definition) is 0. The molecule has 26 heavy (non-hydrogen) atoms. The highest BCUT2D eigenvalue weighted by atomic mass is 35.5. The Labute approximate surface area is 157 Å². The smallest absolute Gasteiger partial charge is 0.254 e. The summed E-state index contributed by atoms with van der Waals surface area (Å²) in [6.07, 6.45) is 0. The second-order valence-corrected chi connectivity index (χ2v) is 7.46. The van der Waals surface area contributed by atoms with Gasteiger partial charge in [0.25, 0.3) is 5.91 Å². The monoisotopic (exact) mass is 393 g/mol. The molecule has 1 fully saturated rings. The summed E-state index contributed by atoms with van der Waals surface area (Å²) in [7, 11) is 0. The molecule has 8 heteroatoms. The van der Waals surface area contributed by atoms with Crippen molar-refractivity contribution in [3.63, 3.8) is 0 Å². The number of aromatic nitrogens is 1. The molecule has 0 saturated carbocycles. The number of benzene rings is 2. The fraction of sp³-hybridized carbons (Fsp3) is 0.222.